The molecule has 0 spiro atoms. The van der Waals surface area contributed by atoms with Crippen molar-refractivity contribution in [3.63, 3.8) is 0 Å². The summed E-state index contributed by atoms with van der Waals surface area (Å²) in [7, 11) is 0. The fourth-order valence-corrected chi connectivity index (χ4v) is 1.37. The van der Waals surface area contributed by atoms with E-state index in [2.05, 4.69) is 5.16 Å². The molecule has 1 N–H and O–H groups in total. The van der Waals surface area contributed by atoms with E-state index in [1.807, 2.05) is 26.0 Å². The van der Waals surface area contributed by atoms with Gasteiger partial charge in [0.05, 0.1) is 6.20 Å². The van der Waals surface area contributed by atoms with Crippen molar-refractivity contribution in [1.82, 2.24) is 5.16 Å². The quantitative estimate of drug-likeness (QED) is 0.750. The molecule has 0 saturated carbocycles. The van der Waals surface area contributed by atoms with E-state index in [0.29, 0.717) is 5.75 Å². The molecule has 2 rings (SSSR count). The number of aryl methyl sites for hydroxylation is 2. The smallest absolute Gasteiger partial charge is 0.169 e. The van der Waals surface area contributed by atoms with Crippen LogP contribution < -0.4 is 0 Å². The van der Waals surface area contributed by atoms with Crippen molar-refractivity contribution in [2.24, 2.45) is 0 Å². The van der Waals surface area contributed by atoms with Gasteiger partial charge in [-0.25, -0.2) is 0 Å². The van der Waals surface area contributed by atoms with Gasteiger partial charge in [0.15, 0.2) is 5.76 Å². The molecule has 0 aliphatic heterocycles. The summed E-state index contributed by atoms with van der Waals surface area (Å²) < 4.78 is 5.11. The highest BCUT2D eigenvalue weighted by atomic mass is 16.5. The van der Waals surface area contributed by atoms with Crippen LogP contribution in [-0.4, -0.2) is 10.3 Å². The molecule has 0 amide bonds. The molecule has 1 aromatic heterocycles. The van der Waals surface area contributed by atoms with Gasteiger partial charge in [-0.15, -0.1) is 0 Å². The Balaban J connectivity index is 2.53. The normalized spacial score (nSPS) is 10.4. The molecular weight excluding hydrogens is 178 g/mol. The van der Waals surface area contributed by atoms with Crippen molar-refractivity contribution in [3.8, 4) is 17.1 Å². The van der Waals surface area contributed by atoms with E-state index in [9.17, 15) is 5.11 Å². The minimum Gasteiger partial charge on any atom is -0.508 e. The molecule has 0 radical (unpaired) electrons. The van der Waals surface area contributed by atoms with E-state index in [4.69, 9.17) is 4.52 Å². The Morgan fingerprint density at radius 2 is 2.00 bits per heavy atom. The van der Waals surface area contributed by atoms with Crippen molar-refractivity contribution in [3.05, 3.63) is 35.5 Å². The summed E-state index contributed by atoms with van der Waals surface area (Å²) in [5.41, 5.74) is 2.77. The third-order valence-corrected chi connectivity index (χ3v) is 2.21. The van der Waals surface area contributed by atoms with Crippen molar-refractivity contribution >= 4 is 0 Å². The predicted octanol–water partition coefficient (Wildman–Crippen LogP) is 2.66. The number of aromatic hydroxyl groups is 1. The van der Waals surface area contributed by atoms with Gasteiger partial charge in [-0.1, -0.05) is 5.16 Å². The lowest BCUT2D eigenvalue weighted by Crippen LogP contribution is -1.80. The minimum absolute atomic E-state index is 0.297. The van der Waals surface area contributed by atoms with Crippen molar-refractivity contribution in [1.29, 1.82) is 0 Å². The second-order valence-corrected chi connectivity index (χ2v) is 3.34. The van der Waals surface area contributed by atoms with Gasteiger partial charge in [0.1, 0.15) is 5.75 Å². The number of phenolic OH excluding ortho intramolecular Hbond substituents is 1. The first kappa shape index (κ1) is 8.81. The third kappa shape index (κ3) is 1.37. The Morgan fingerprint density at radius 3 is 2.57 bits per heavy atom. The highest BCUT2D eigenvalue weighted by Crippen LogP contribution is 2.27. The molecule has 0 saturated heterocycles. The average Bonchev–Trinajstić information content (AvgIpc) is 2.57. The van der Waals surface area contributed by atoms with Crippen LogP contribution in [0.5, 0.6) is 5.75 Å². The second-order valence-electron chi connectivity index (χ2n) is 3.34. The lowest BCUT2D eigenvalue weighted by Gasteiger charge is -2.01. The Labute approximate surface area is 82.0 Å². The van der Waals surface area contributed by atoms with Gasteiger partial charge in [0.25, 0.3) is 0 Å². The zero-order chi connectivity index (χ0) is 10.1. The van der Waals surface area contributed by atoms with E-state index in [-0.39, 0.29) is 0 Å². The van der Waals surface area contributed by atoms with Crippen LogP contribution in [0.15, 0.2) is 28.9 Å². The van der Waals surface area contributed by atoms with E-state index in [1.54, 1.807) is 12.3 Å². The fraction of sp³-hybridized carbons (Fsp3) is 0.182. The van der Waals surface area contributed by atoms with E-state index in [0.717, 1.165) is 22.5 Å². The highest BCUT2D eigenvalue weighted by Gasteiger charge is 2.07. The molecule has 3 nitrogen and oxygen atoms in total. The first-order valence-electron chi connectivity index (χ1n) is 4.40. The van der Waals surface area contributed by atoms with Crippen LogP contribution in [0.4, 0.5) is 0 Å². The molecule has 2 aromatic rings. The lowest BCUT2D eigenvalue weighted by molar-refractivity contribution is 0.431. The molecule has 72 valence electrons. The maximum absolute atomic E-state index is 9.36. The zero-order valence-electron chi connectivity index (χ0n) is 8.11. The third-order valence-electron chi connectivity index (χ3n) is 2.21. The van der Waals surface area contributed by atoms with Gasteiger partial charge in [-0.2, -0.15) is 0 Å². The summed E-state index contributed by atoms with van der Waals surface area (Å²) in [5.74, 6) is 1.05. The number of aromatic nitrogens is 1. The van der Waals surface area contributed by atoms with E-state index >= 15 is 0 Å². The summed E-state index contributed by atoms with van der Waals surface area (Å²) in [4.78, 5) is 0. The van der Waals surface area contributed by atoms with Gasteiger partial charge in [0, 0.05) is 11.1 Å². The summed E-state index contributed by atoms with van der Waals surface area (Å²) in [6.45, 7) is 3.79. The molecular formula is C11H11NO2. The number of rotatable bonds is 1. The number of hydrogen-bond donors (Lipinski definition) is 1. The summed E-state index contributed by atoms with van der Waals surface area (Å²) in [6, 6.07) is 5.35. The Hall–Kier alpha value is -1.77. The lowest BCUT2D eigenvalue weighted by atomic mass is 10.1. The van der Waals surface area contributed by atoms with E-state index in [1.165, 1.54) is 0 Å². The molecule has 14 heavy (non-hydrogen) atoms. The van der Waals surface area contributed by atoms with Gasteiger partial charge >= 0.3 is 0 Å². The number of phenols is 1. The second kappa shape index (κ2) is 3.18. The van der Waals surface area contributed by atoms with E-state index < -0.39 is 0 Å². The molecule has 1 heterocycles. The maximum Gasteiger partial charge on any atom is 0.169 e. The van der Waals surface area contributed by atoms with Gasteiger partial charge < -0.3 is 9.63 Å². The summed E-state index contributed by atoms with van der Waals surface area (Å²) in [6.07, 6.45) is 1.68. The number of nitrogens with zero attached hydrogens (tertiary/aromatic N) is 1. The molecule has 0 unspecified atom stereocenters. The molecule has 1 aromatic carbocycles. The van der Waals surface area contributed by atoms with Gasteiger partial charge in [-0.05, 0) is 37.6 Å². The molecule has 0 aliphatic carbocycles. The molecule has 0 aliphatic rings. The van der Waals surface area contributed by atoms with Crippen molar-refractivity contribution < 1.29 is 9.63 Å². The molecule has 3 heteroatoms. The van der Waals surface area contributed by atoms with Gasteiger partial charge in [-0.3, -0.25) is 0 Å². The number of benzene rings is 1. The van der Waals surface area contributed by atoms with Gasteiger partial charge in [0.2, 0.25) is 0 Å². The van der Waals surface area contributed by atoms with Crippen LogP contribution in [0.1, 0.15) is 11.1 Å². The first-order valence-corrected chi connectivity index (χ1v) is 4.40. The standard InChI is InChI=1S/C11H11NO2/c1-7-5-9(3-4-10(7)13)11-8(2)6-12-14-11/h3-6,13H,1-2H3. The van der Waals surface area contributed by atoms with Crippen LogP contribution >= 0.6 is 0 Å². The van der Waals surface area contributed by atoms with Crippen LogP contribution in [0, 0.1) is 13.8 Å². The average molecular weight is 189 g/mol. The van der Waals surface area contributed by atoms with Crippen molar-refractivity contribution in [2.45, 2.75) is 13.8 Å². The SMILES string of the molecule is Cc1cc(-c2oncc2C)ccc1O. The van der Waals surface area contributed by atoms with Crippen LogP contribution in [0.2, 0.25) is 0 Å². The summed E-state index contributed by atoms with van der Waals surface area (Å²) in [5, 5.41) is 13.1. The minimum atomic E-state index is 0.297. The molecule has 0 atom stereocenters. The monoisotopic (exact) mass is 189 g/mol. The largest absolute Gasteiger partial charge is 0.508 e. The van der Waals surface area contributed by atoms with Crippen molar-refractivity contribution in [2.75, 3.05) is 0 Å². The topological polar surface area (TPSA) is 46.3 Å². The Kier molecular flexibility index (Phi) is 2.00. The number of hydrogen-bond acceptors (Lipinski definition) is 3. The maximum atomic E-state index is 9.36. The first-order chi connectivity index (χ1) is 6.68. The summed E-state index contributed by atoms with van der Waals surface area (Å²) >= 11 is 0. The molecule has 0 bridgehead atoms. The Morgan fingerprint density at radius 1 is 1.21 bits per heavy atom. The molecule has 0 fully saturated rings. The predicted molar refractivity (Wildman–Crippen MR) is 53.1 cm³/mol. The van der Waals surface area contributed by atoms with Crippen LogP contribution in [-0.2, 0) is 0 Å². The van der Waals surface area contributed by atoms with Crippen LogP contribution in [0.3, 0.4) is 0 Å². The van der Waals surface area contributed by atoms with Crippen LogP contribution in [0.25, 0.3) is 11.3 Å². The highest BCUT2D eigenvalue weighted by molar-refractivity contribution is 5.62. The Bertz CT molecular complexity index is 460. The zero-order valence-corrected chi connectivity index (χ0v) is 8.11. The fourth-order valence-electron chi connectivity index (χ4n) is 1.37.